The molecule has 0 spiro atoms. The fraction of sp³-hybridized carbons (Fsp3) is 0.500. The molecule has 5 nitrogen and oxygen atoms in total. The van der Waals surface area contributed by atoms with E-state index in [1.54, 1.807) is 4.90 Å². The zero-order chi connectivity index (χ0) is 15.8. The van der Waals surface area contributed by atoms with E-state index in [0.717, 1.165) is 18.6 Å². The average molecular weight is 314 g/mol. The number of carbonyl (C=O) groups is 1. The second-order valence-corrected chi connectivity index (χ2v) is 7.26. The van der Waals surface area contributed by atoms with Crippen molar-refractivity contribution in [2.24, 2.45) is 17.0 Å². The number of primary sulfonamides is 1. The molecular formula is C14H19FN2O3S. The number of halogens is 1. The Kier molecular flexibility index (Phi) is 4.34. The maximum atomic E-state index is 13.5. The number of benzene rings is 1. The lowest BCUT2D eigenvalue weighted by Gasteiger charge is -2.18. The first-order valence-electron chi connectivity index (χ1n) is 6.81. The highest BCUT2D eigenvalue weighted by molar-refractivity contribution is 7.89. The summed E-state index contributed by atoms with van der Waals surface area (Å²) in [5.74, 6) is -0.318. The molecule has 1 amide bonds. The summed E-state index contributed by atoms with van der Waals surface area (Å²) in [6.07, 6.45) is 0.923. The van der Waals surface area contributed by atoms with Crippen LogP contribution >= 0.6 is 0 Å². The highest BCUT2D eigenvalue weighted by atomic mass is 32.2. The largest absolute Gasteiger partial charge is 0.338 e. The molecule has 1 fully saturated rings. The van der Waals surface area contributed by atoms with Gasteiger partial charge in [-0.15, -0.1) is 0 Å². The number of nitrogens with two attached hydrogens (primary N) is 1. The second-order valence-electron chi connectivity index (χ2n) is 5.73. The van der Waals surface area contributed by atoms with Crippen LogP contribution in [0.15, 0.2) is 23.1 Å². The Morgan fingerprint density at radius 3 is 2.62 bits per heavy atom. The van der Waals surface area contributed by atoms with Crippen molar-refractivity contribution in [2.45, 2.75) is 25.2 Å². The van der Waals surface area contributed by atoms with E-state index in [1.165, 1.54) is 6.07 Å². The molecule has 0 radical (unpaired) electrons. The van der Waals surface area contributed by atoms with Crippen molar-refractivity contribution in [3.8, 4) is 0 Å². The third kappa shape index (κ3) is 3.41. The number of rotatable bonds is 3. The van der Waals surface area contributed by atoms with Gasteiger partial charge in [0.1, 0.15) is 10.7 Å². The minimum Gasteiger partial charge on any atom is -0.338 e. The van der Waals surface area contributed by atoms with Gasteiger partial charge in [-0.1, -0.05) is 13.8 Å². The normalized spacial score (nSPS) is 19.3. The van der Waals surface area contributed by atoms with Crippen LogP contribution in [0.1, 0.15) is 30.6 Å². The summed E-state index contributed by atoms with van der Waals surface area (Å²) in [5, 5.41) is 4.95. The number of likely N-dealkylation sites (tertiary alicyclic amines) is 1. The van der Waals surface area contributed by atoms with Crippen molar-refractivity contribution in [3.05, 3.63) is 29.6 Å². The molecule has 1 aromatic rings. The van der Waals surface area contributed by atoms with Gasteiger partial charge in [0.05, 0.1) is 0 Å². The van der Waals surface area contributed by atoms with E-state index in [-0.39, 0.29) is 11.5 Å². The fourth-order valence-corrected chi connectivity index (χ4v) is 3.18. The Morgan fingerprint density at radius 1 is 1.43 bits per heavy atom. The van der Waals surface area contributed by atoms with Crippen molar-refractivity contribution >= 4 is 15.9 Å². The van der Waals surface area contributed by atoms with Crippen LogP contribution in [-0.4, -0.2) is 32.3 Å². The number of sulfonamides is 1. The fourth-order valence-electron chi connectivity index (χ4n) is 2.55. The molecule has 0 aromatic heterocycles. The summed E-state index contributed by atoms with van der Waals surface area (Å²) in [5.41, 5.74) is 0.143. The van der Waals surface area contributed by atoms with Crippen molar-refractivity contribution in [1.82, 2.24) is 4.90 Å². The molecule has 116 valence electrons. The quantitative estimate of drug-likeness (QED) is 0.920. The third-order valence-corrected chi connectivity index (χ3v) is 4.87. The Hall–Kier alpha value is -1.47. The summed E-state index contributed by atoms with van der Waals surface area (Å²) >= 11 is 0. The zero-order valence-corrected chi connectivity index (χ0v) is 12.9. The molecule has 1 unspecified atom stereocenters. The number of hydrogen-bond acceptors (Lipinski definition) is 3. The van der Waals surface area contributed by atoms with Crippen LogP contribution in [0.25, 0.3) is 0 Å². The first-order chi connectivity index (χ1) is 9.70. The second kappa shape index (κ2) is 5.73. The molecule has 2 N–H and O–H groups in total. The molecule has 7 heteroatoms. The van der Waals surface area contributed by atoms with Crippen LogP contribution in [-0.2, 0) is 10.0 Å². The summed E-state index contributed by atoms with van der Waals surface area (Å²) in [6.45, 7) is 5.48. The van der Waals surface area contributed by atoms with Crippen molar-refractivity contribution in [1.29, 1.82) is 0 Å². The van der Waals surface area contributed by atoms with Crippen LogP contribution in [0.4, 0.5) is 4.39 Å². The number of hydrogen-bond donors (Lipinski definition) is 1. The van der Waals surface area contributed by atoms with E-state index in [2.05, 4.69) is 13.8 Å². The Bertz CT molecular complexity index is 658. The first kappa shape index (κ1) is 15.9. The van der Waals surface area contributed by atoms with E-state index < -0.39 is 20.7 Å². The van der Waals surface area contributed by atoms with Crippen LogP contribution in [0, 0.1) is 17.7 Å². The highest BCUT2D eigenvalue weighted by Gasteiger charge is 2.29. The molecule has 1 aliphatic rings. The minimum absolute atomic E-state index is 0.143. The Labute approximate surface area is 124 Å². The molecular weight excluding hydrogens is 295 g/mol. The molecule has 1 aliphatic heterocycles. The van der Waals surface area contributed by atoms with Crippen LogP contribution < -0.4 is 5.14 Å². The van der Waals surface area contributed by atoms with E-state index in [4.69, 9.17) is 5.14 Å². The van der Waals surface area contributed by atoms with E-state index in [9.17, 15) is 17.6 Å². The number of nitrogens with zero attached hydrogens (tertiary/aromatic N) is 1. The van der Waals surface area contributed by atoms with Gasteiger partial charge >= 0.3 is 0 Å². The molecule has 0 saturated carbocycles. The summed E-state index contributed by atoms with van der Waals surface area (Å²) < 4.78 is 36.1. The molecule has 1 atom stereocenters. The molecule has 0 aliphatic carbocycles. The van der Waals surface area contributed by atoms with Crippen molar-refractivity contribution < 1.29 is 17.6 Å². The van der Waals surface area contributed by atoms with Gasteiger partial charge in [-0.25, -0.2) is 17.9 Å². The zero-order valence-electron chi connectivity index (χ0n) is 12.0. The molecule has 1 saturated heterocycles. The minimum atomic E-state index is -4.18. The third-order valence-electron chi connectivity index (χ3n) is 3.94. The SMILES string of the molecule is CC(C)C1CCN(C(=O)c2ccc(F)c(S(N)(=O)=O)c2)C1. The van der Waals surface area contributed by atoms with Crippen molar-refractivity contribution in [2.75, 3.05) is 13.1 Å². The van der Waals surface area contributed by atoms with Gasteiger partial charge in [-0.05, 0) is 36.5 Å². The molecule has 2 rings (SSSR count). The summed E-state index contributed by atoms with van der Waals surface area (Å²) in [4.78, 5) is 13.4. The lowest BCUT2D eigenvalue weighted by Crippen LogP contribution is -2.29. The van der Waals surface area contributed by atoms with Crippen LogP contribution in [0.2, 0.25) is 0 Å². The van der Waals surface area contributed by atoms with Crippen LogP contribution in [0.3, 0.4) is 0 Å². The maximum absolute atomic E-state index is 13.5. The van der Waals surface area contributed by atoms with Gasteiger partial charge < -0.3 is 4.90 Å². The predicted octanol–water partition coefficient (Wildman–Crippen LogP) is 1.59. The lowest BCUT2D eigenvalue weighted by molar-refractivity contribution is 0.0783. The summed E-state index contributed by atoms with van der Waals surface area (Å²) in [6, 6.07) is 3.26. The van der Waals surface area contributed by atoms with Gasteiger partial charge in [-0.3, -0.25) is 4.79 Å². The van der Waals surface area contributed by atoms with Gasteiger partial charge in [0, 0.05) is 18.7 Å². The lowest BCUT2D eigenvalue weighted by atomic mass is 9.95. The van der Waals surface area contributed by atoms with E-state index in [0.29, 0.717) is 24.9 Å². The van der Waals surface area contributed by atoms with E-state index in [1.807, 2.05) is 0 Å². The van der Waals surface area contributed by atoms with Crippen molar-refractivity contribution in [3.63, 3.8) is 0 Å². The average Bonchev–Trinajstić information content (AvgIpc) is 2.86. The Morgan fingerprint density at radius 2 is 2.10 bits per heavy atom. The Balaban J connectivity index is 2.25. The van der Waals surface area contributed by atoms with Crippen LogP contribution in [0.5, 0.6) is 0 Å². The highest BCUT2D eigenvalue weighted by Crippen LogP contribution is 2.25. The first-order valence-corrected chi connectivity index (χ1v) is 8.36. The molecule has 1 heterocycles. The summed E-state index contributed by atoms with van der Waals surface area (Å²) in [7, 11) is -4.18. The number of carbonyl (C=O) groups excluding carboxylic acids is 1. The predicted molar refractivity (Wildman–Crippen MR) is 76.6 cm³/mol. The molecule has 1 aromatic carbocycles. The van der Waals surface area contributed by atoms with Gasteiger partial charge in [0.2, 0.25) is 10.0 Å². The number of amides is 1. The maximum Gasteiger partial charge on any atom is 0.253 e. The monoisotopic (exact) mass is 314 g/mol. The standard InChI is InChI=1S/C14H19FN2O3S/c1-9(2)11-5-6-17(8-11)14(18)10-3-4-12(15)13(7-10)21(16,19)20/h3-4,7,9,11H,5-6,8H2,1-2H3,(H2,16,19,20). The van der Waals surface area contributed by atoms with Gasteiger partial charge in [-0.2, -0.15) is 0 Å². The smallest absolute Gasteiger partial charge is 0.253 e. The van der Waals surface area contributed by atoms with E-state index >= 15 is 0 Å². The van der Waals surface area contributed by atoms with Gasteiger partial charge in [0.25, 0.3) is 5.91 Å². The topological polar surface area (TPSA) is 80.5 Å². The molecule has 21 heavy (non-hydrogen) atoms. The van der Waals surface area contributed by atoms with Gasteiger partial charge in [0.15, 0.2) is 0 Å². The molecule has 0 bridgehead atoms.